The Labute approximate surface area is 273 Å². The molecule has 0 radical (unpaired) electrons. The fourth-order valence-electron chi connectivity index (χ4n) is 5.23. The number of benzene rings is 3. The highest BCUT2D eigenvalue weighted by molar-refractivity contribution is 7.15. The minimum atomic E-state index is -0.208. The number of hydrogen-bond acceptors (Lipinski definition) is 7. The van der Waals surface area contributed by atoms with Crippen LogP contribution in [-0.2, 0) is 0 Å². The standard InChI is InChI=1S/C37H39N5O3S/c1-4-6-8-12-22-44-31-18-15-27(16-19-31)35-38-37-42(40-35)36(43)33(46-37)24-29-25-41(30-13-10-9-11-14-30)39-34(29)28-17-20-32(26(3)23-28)45-21-7-5-2/h9-11,13-20,23-25H,4-8,12,21-22H2,1-3H3/b33-24+. The lowest BCUT2D eigenvalue weighted by molar-refractivity contribution is 0.305. The molecule has 0 amide bonds. The monoisotopic (exact) mass is 633 g/mol. The van der Waals surface area contributed by atoms with Crippen LogP contribution in [0.3, 0.4) is 0 Å². The van der Waals surface area contributed by atoms with E-state index in [9.17, 15) is 4.79 Å². The molecule has 0 saturated carbocycles. The van der Waals surface area contributed by atoms with Crippen molar-refractivity contribution in [1.82, 2.24) is 24.4 Å². The minimum absolute atomic E-state index is 0.208. The van der Waals surface area contributed by atoms with Gasteiger partial charge in [0.2, 0.25) is 4.96 Å². The number of ether oxygens (including phenoxy) is 2. The maximum Gasteiger partial charge on any atom is 0.291 e. The molecule has 236 valence electrons. The van der Waals surface area contributed by atoms with E-state index in [-0.39, 0.29) is 5.56 Å². The Hall–Kier alpha value is -4.76. The Morgan fingerprint density at radius 2 is 1.59 bits per heavy atom. The zero-order valence-corrected chi connectivity index (χ0v) is 27.4. The van der Waals surface area contributed by atoms with Gasteiger partial charge in [0.25, 0.3) is 5.56 Å². The van der Waals surface area contributed by atoms with E-state index in [1.165, 1.54) is 35.1 Å². The molecule has 6 aromatic rings. The molecule has 3 aromatic heterocycles. The second-order valence-electron chi connectivity index (χ2n) is 11.4. The smallest absolute Gasteiger partial charge is 0.291 e. The van der Waals surface area contributed by atoms with Crippen LogP contribution in [0.5, 0.6) is 11.5 Å². The van der Waals surface area contributed by atoms with E-state index in [1.807, 2.05) is 90.6 Å². The SMILES string of the molecule is CCCCCCOc1ccc(-c2nc3s/c(=C/c4cn(-c5ccccc5)nc4-c4ccc(OCCCC)c(C)c4)c(=O)n3n2)cc1. The summed E-state index contributed by atoms with van der Waals surface area (Å²) in [5.74, 6) is 2.21. The fraction of sp³-hybridized carbons (Fsp3) is 0.297. The van der Waals surface area contributed by atoms with E-state index in [0.29, 0.717) is 28.5 Å². The van der Waals surface area contributed by atoms with Crippen molar-refractivity contribution in [2.75, 3.05) is 13.2 Å². The number of nitrogens with zero attached hydrogens (tertiary/aromatic N) is 5. The number of fused-ring (bicyclic) bond motifs is 1. The number of unbranched alkanes of at least 4 members (excludes halogenated alkanes) is 4. The van der Waals surface area contributed by atoms with E-state index in [4.69, 9.17) is 19.6 Å². The average molecular weight is 634 g/mol. The number of rotatable bonds is 14. The van der Waals surface area contributed by atoms with Crippen LogP contribution in [-0.4, -0.2) is 37.6 Å². The predicted octanol–water partition coefficient (Wildman–Crippen LogP) is 7.66. The van der Waals surface area contributed by atoms with Gasteiger partial charge in [-0.15, -0.1) is 5.10 Å². The third-order valence-corrected chi connectivity index (χ3v) is 8.77. The second kappa shape index (κ2) is 14.6. The van der Waals surface area contributed by atoms with E-state index >= 15 is 0 Å². The summed E-state index contributed by atoms with van der Waals surface area (Å²) in [5, 5.41) is 9.52. The molecular formula is C37H39N5O3S. The molecule has 0 N–H and O–H groups in total. The second-order valence-corrected chi connectivity index (χ2v) is 12.4. The summed E-state index contributed by atoms with van der Waals surface area (Å²) in [6.45, 7) is 7.80. The van der Waals surface area contributed by atoms with Crippen molar-refractivity contribution in [3.05, 3.63) is 105 Å². The first kappa shape index (κ1) is 31.2. The van der Waals surface area contributed by atoms with Gasteiger partial charge in [-0.05, 0) is 86.0 Å². The first-order valence-corrected chi connectivity index (χ1v) is 16.9. The number of aromatic nitrogens is 5. The minimum Gasteiger partial charge on any atom is -0.494 e. The lowest BCUT2D eigenvalue weighted by atomic mass is 10.0. The number of hydrogen-bond donors (Lipinski definition) is 0. The Morgan fingerprint density at radius 3 is 2.33 bits per heavy atom. The van der Waals surface area contributed by atoms with Crippen molar-refractivity contribution < 1.29 is 9.47 Å². The lowest BCUT2D eigenvalue weighted by Gasteiger charge is -2.10. The van der Waals surface area contributed by atoms with Crippen LogP contribution >= 0.6 is 11.3 Å². The molecule has 0 aliphatic rings. The first-order valence-electron chi connectivity index (χ1n) is 16.1. The van der Waals surface area contributed by atoms with Gasteiger partial charge in [-0.3, -0.25) is 4.79 Å². The van der Waals surface area contributed by atoms with Crippen LogP contribution in [0.2, 0.25) is 0 Å². The molecule has 3 aromatic carbocycles. The lowest BCUT2D eigenvalue weighted by Crippen LogP contribution is -2.23. The van der Waals surface area contributed by atoms with Gasteiger partial charge in [0.1, 0.15) is 17.2 Å². The quantitative estimate of drug-likeness (QED) is 0.115. The van der Waals surface area contributed by atoms with Crippen LogP contribution < -0.4 is 19.6 Å². The molecule has 0 atom stereocenters. The highest BCUT2D eigenvalue weighted by Crippen LogP contribution is 2.29. The van der Waals surface area contributed by atoms with Crippen molar-refractivity contribution in [2.45, 2.75) is 59.3 Å². The summed E-state index contributed by atoms with van der Waals surface area (Å²) in [6, 6.07) is 23.8. The molecule has 0 unspecified atom stereocenters. The van der Waals surface area contributed by atoms with E-state index < -0.39 is 0 Å². The number of aryl methyl sites for hydroxylation is 1. The van der Waals surface area contributed by atoms with Gasteiger partial charge in [0.15, 0.2) is 5.82 Å². The molecule has 0 saturated heterocycles. The molecule has 0 spiro atoms. The van der Waals surface area contributed by atoms with Crippen LogP contribution in [0.15, 0.2) is 83.8 Å². The van der Waals surface area contributed by atoms with Crippen molar-refractivity contribution in [1.29, 1.82) is 0 Å². The molecule has 3 heterocycles. The van der Waals surface area contributed by atoms with Gasteiger partial charge in [-0.1, -0.05) is 69.1 Å². The van der Waals surface area contributed by atoms with Crippen LogP contribution in [0, 0.1) is 6.92 Å². The van der Waals surface area contributed by atoms with Crippen LogP contribution in [0.4, 0.5) is 0 Å². The van der Waals surface area contributed by atoms with Crippen molar-refractivity contribution in [2.24, 2.45) is 0 Å². The highest BCUT2D eigenvalue weighted by Gasteiger charge is 2.16. The molecule has 0 bridgehead atoms. The molecule has 46 heavy (non-hydrogen) atoms. The molecular weight excluding hydrogens is 595 g/mol. The summed E-state index contributed by atoms with van der Waals surface area (Å²) in [6.07, 6.45) is 10.6. The Kier molecular flexibility index (Phi) is 9.88. The normalized spacial score (nSPS) is 11.8. The van der Waals surface area contributed by atoms with Crippen molar-refractivity contribution >= 4 is 22.4 Å². The first-order chi connectivity index (χ1) is 22.5. The Balaban J connectivity index is 1.30. The molecule has 0 aliphatic carbocycles. The van der Waals surface area contributed by atoms with Crippen molar-refractivity contribution in [3.63, 3.8) is 0 Å². The molecule has 8 nitrogen and oxygen atoms in total. The van der Waals surface area contributed by atoms with Gasteiger partial charge in [0.05, 0.1) is 23.4 Å². The maximum absolute atomic E-state index is 13.5. The number of para-hydroxylation sites is 1. The summed E-state index contributed by atoms with van der Waals surface area (Å²) in [7, 11) is 0. The Bertz CT molecular complexity index is 2010. The van der Waals surface area contributed by atoms with Crippen molar-refractivity contribution in [3.8, 4) is 39.8 Å². The topological polar surface area (TPSA) is 83.5 Å². The zero-order valence-electron chi connectivity index (χ0n) is 26.6. The Morgan fingerprint density at radius 1 is 0.826 bits per heavy atom. The fourth-order valence-corrected chi connectivity index (χ4v) is 6.13. The summed E-state index contributed by atoms with van der Waals surface area (Å²) < 4.78 is 15.6. The predicted molar refractivity (Wildman–Crippen MR) is 185 cm³/mol. The summed E-state index contributed by atoms with van der Waals surface area (Å²) in [4.78, 5) is 18.8. The number of thiazole rings is 1. The van der Waals surface area contributed by atoms with Crippen LogP contribution in [0.25, 0.3) is 39.4 Å². The highest BCUT2D eigenvalue weighted by atomic mass is 32.1. The third-order valence-electron chi connectivity index (χ3n) is 7.81. The van der Waals surface area contributed by atoms with E-state index in [0.717, 1.165) is 64.4 Å². The molecule has 9 heteroatoms. The molecule has 6 rings (SSSR count). The van der Waals surface area contributed by atoms with Gasteiger partial charge in [-0.25, -0.2) is 4.68 Å². The van der Waals surface area contributed by atoms with Gasteiger partial charge >= 0.3 is 0 Å². The zero-order chi connectivity index (χ0) is 31.9. The largest absolute Gasteiger partial charge is 0.494 e. The maximum atomic E-state index is 13.5. The van der Waals surface area contributed by atoms with Gasteiger partial charge in [0, 0.05) is 22.9 Å². The molecule has 0 aliphatic heterocycles. The average Bonchev–Trinajstić information content (AvgIpc) is 3.77. The van der Waals surface area contributed by atoms with Crippen LogP contribution in [0.1, 0.15) is 63.5 Å². The summed E-state index contributed by atoms with van der Waals surface area (Å²) >= 11 is 1.32. The van der Waals surface area contributed by atoms with Gasteiger partial charge < -0.3 is 9.47 Å². The third kappa shape index (κ3) is 7.05. The van der Waals surface area contributed by atoms with E-state index in [1.54, 1.807) is 0 Å². The van der Waals surface area contributed by atoms with E-state index in [2.05, 4.69) is 25.0 Å². The summed E-state index contributed by atoms with van der Waals surface area (Å²) in [5.41, 5.74) is 5.15. The molecule has 0 fully saturated rings. The van der Waals surface area contributed by atoms with Gasteiger partial charge in [-0.2, -0.15) is 14.6 Å².